The monoisotopic (exact) mass is 503 g/mol. The van der Waals surface area contributed by atoms with Gasteiger partial charge in [0.05, 0.1) is 31.9 Å². The zero-order chi connectivity index (χ0) is 25.2. The molecule has 1 aromatic carbocycles. The van der Waals surface area contributed by atoms with Crippen LogP contribution in [0.5, 0.6) is 11.5 Å². The second-order valence-corrected chi connectivity index (χ2v) is 9.52. The fourth-order valence-corrected chi connectivity index (χ4v) is 4.24. The van der Waals surface area contributed by atoms with Crippen LogP contribution in [-0.4, -0.2) is 57.6 Å². The van der Waals surface area contributed by atoms with Gasteiger partial charge in [0.1, 0.15) is 35.0 Å². The highest BCUT2D eigenvalue weighted by atomic mass is 32.2. The quantitative estimate of drug-likeness (QED) is 0.361. The molecule has 0 aliphatic carbocycles. The third kappa shape index (κ3) is 4.91. The summed E-state index contributed by atoms with van der Waals surface area (Å²) in [5.41, 5.74) is 0.673. The van der Waals surface area contributed by atoms with Crippen LogP contribution in [0.3, 0.4) is 0 Å². The van der Waals surface area contributed by atoms with Crippen molar-refractivity contribution in [2.45, 2.75) is 25.5 Å². The number of benzene rings is 1. The number of halogens is 1. The Labute approximate surface area is 200 Å². The number of sulfonamides is 1. The summed E-state index contributed by atoms with van der Waals surface area (Å²) in [4.78, 5) is 12.0. The highest BCUT2D eigenvalue weighted by Crippen LogP contribution is 2.37. The molecule has 4 aromatic rings. The van der Waals surface area contributed by atoms with E-state index in [1.807, 2.05) is 0 Å². The van der Waals surface area contributed by atoms with Crippen molar-refractivity contribution in [3.63, 3.8) is 0 Å². The Morgan fingerprint density at radius 2 is 1.80 bits per heavy atom. The molecule has 1 N–H and O–H groups in total. The van der Waals surface area contributed by atoms with Crippen LogP contribution in [0.4, 0.5) is 10.3 Å². The molecule has 0 aliphatic heterocycles. The van der Waals surface area contributed by atoms with Gasteiger partial charge in [-0.05, 0) is 19.1 Å². The third-order valence-corrected chi connectivity index (χ3v) is 6.74. The second-order valence-electron chi connectivity index (χ2n) is 7.42. The summed E-state index contributed by atoms with van der Waals surface area (Å²) in [6.07, 6.45) is 3.28. The van der Waals surface area contributed by atoms with E-state index in [-0.39, 0.29) is 24.0 Å². The van der Waals surface area contributed by atoms with Gasteiger partial charge in [0.15, 0.2) is 17.5 Å². The molecular formula is C21H22FN7O5S. The van der Waals surface area contributed by atoms with Crippen LogP contribution in [0, 0.1) is 12.7 Å². The number of oxazole rings is 1. The van der Waals surface area contributed by atoms with E-state index >= 15 is 0 Å². The summed E-state index contributed by atoms with van der Waals surface area (Å²) in [6.45, 7) is 3.14. The van der Waals surface area contributed by atoms with Crippen molar-refractivity contribution in [2.75, 3.05) is 18.9 Å². The number of methoxy groups -OCH3 is 2. The lowest BCUT2D eigenvalue weighted by Gasteiger charge is -2.18. The fourth-order valence-electron chi connectivity index (χ4n) is 3.29. The number of hydrogen-bond donors (Lipinski definition) is 1. The number of para-hydroxylation sites is 1. The van der Waals surface area contributed by atoms with Gasteiger partial charge >= 0.3 is 0 Å². The Kier molecular flexibility index (Phi) is 6.64. The number of hydrogen-bond acceptors (Lipinski definition) is 10. The standard InChI is InChI=1S/C21H22FN7O5S/c1-12(8-18-23-9-14(22)10-24-18)35(30,31)28-21-27-26-20(15-11-34-13(2)25-15)29(21)19-16(32-3)6-5-7-17(19)33-4/h5-7,9-12H,8H2,1-4H3,(H,27,28). The molecule has 14 heteroatoms. The molecule has 3 heterocycles. The van der Waals surface area contributed by atoms with Gasteiger partial charge in [-0.15, -0.1) is 10.2 Å². The molecule has 0 radical (unpaired) electrons. The van der Waals surface area contributed by atoms with E-state index in [2.05, 4.69) is 29.9 Å². The van der Waals surface area contributed by atoms with E-state index in [0.717, 1.165) is 12.4 Å². The first kappa shape index (κ1) is 24.1. The van der Waals surface area contributed by atoms with Gasteiger partial charge in [-0.2, -0.15) is 0 Å². The van der Waals surface area contributed by atoms with Crippen LogP contribution >= 0.6 is 0 Å². The SMILES string of the molecule is COc1cccc(OC)c1-n1c(NS(=O)(=O)C(C)Cc2ncc(F)cn2)nnc1-c1coc(C)n1. The highest BCUT2D eigenvalue weighted by molar-refractivity contribution is 7.93. The number of ether oxygens (including phenoxy) is 2. The third-order valence-electron chi connectivity index (χ3n) is 5.04. The minimum absolute atomic E-state index is 0.0585. The summed E-state index contributed by atoms with van der Waals surface area (Å²) in [5, 5.41) is 7.22. The average molecular weight is 504 g/mol. The first-order chi connectivity index (χ1) is 16.7. The maximum absolute atomic E-state index is 13.2. The predicted molar refractivity (Wildman–Crippen MR) is 122 cm³/mol. The summed E-state index contributed by atoms with van der Waals surface area (Å²) in [6, 6.07) is 5.09. The number of aryl methyl sites for hydroxylation is 1. The topological polar surface area (TPSA) is 147 Å². The van der Waals surface area contributed by atoms with Crippen LogP contribution in [-0.2, 0) is 16.4 Å². The van der Waals surface area contributed by atoms with E-state index in [9.17, 15) is 12.8 Å². The van der Waals surface area contributed by atoms with Crippen molar-refractivity contribution in [1.29, 1.82) is 0 Å². The molecule has 1 atom stereocenters. The van der Waals surface area contributed by atoms with Crippen LogP contribution in [0.25, 0.3) is 17.2 Å². The van der Waals surface area contributed by atoms with Crippen LogP contribution in [0.15, 0.2) is 41.3 Å². The molecular weight excluding hydrogens is 481 g/mol. The molecule has 184 valence electrons. The maximum atomic E-state index is 13.2. The molecule has 0 saturated heterocycles. The Bertz CT molecular complexity index is 1410. The molecule has 0 amide bonds. The van der Waals surface area contributed by atoms with Gasteiger partial charge in [0, 0.05) is 13.3 Å². The number of nitrogens with zero attached hydrogens (tertiary/aromatic N) is 6. The summed E-state index contributed by atoms with van der Waals surface area (Å²) < 4.78 is 59.7. The molecule has 0 spiro atoms. The minimum atomic E-state index is -4.03. The minimum Gasteiger partial charge on any atom is -0.494 e. The predicted octanol–water partition coefficient (Wildman–Crippen LogP) is 2.55. The molecule has 3 aromatic heterocycles. The molecule has 0 fully saturated rings. The van der Waals surface area contributed by atoms with Crippen molar-refractivity contribution in [3.8, 4) is 28.7 Å². The second kappa shape index (κ2) is 9.66. The molecule has 35 heavy (non-hydrogen) atoms. The summed E-state index contributed by atoms with van der Waals surface area (Å²) >= 11 is 0. The van der Waals surface area contributed by atoms with E-state index in [1.165, 1.54) is 32.0 Å². The molecule has 12 nitrogen and oxygen atoms in total. The van der Waals surface area contributed by atoms with Gasteiger partial charge in [0.2, 0.25) is 16.0 Å². The first-order valence-electron chi connectivity index (χ1n) is 10.3. The zero-order valence-electron chi connectivity index (χ0n) is 19.3. The van der Waals surface area contributed by atoms with Gasteiger partial charge in [-0.3, -0.25) is 9.29 Å². The molecule has 1 unspecified atom stereocenters. The molecule has 0 saturated carbocycles. The largest absolute Gasteiger partial charge is 0.494 e. The van der Waals surface area contributed by atoms with Crippen molar-refractivity contribution in [2.24, 2.45) is 0 Å². The van der Waals surface area contributed by atoms with E-state index in [0.29, 0.717) is 28.8 Å². The number of anilines is 1. The molecule has 0 aliphatic rings. The van der Waals surface area contributed by atoms with Crippen molar-refractivity contribution >= 4 is 16.0 Å². The summed E-state index contributed by atoms with van der Waals surface area (Å²) in [5.74, 6) is 0.759. The maximum Gasteiger partial charge on any atom is 0.243 e. The smallest absolute Gasteiger partial charge is 0.243 e. The number of rotatable bonds is 9. The van der Waals surface area contributed by atoms with Crippen LogP contribution < -0.4 is 14.2 Å². The van der Waals surface area contributed by atoms with Crippen LogP contribution in [0.2, 0.25) is 0 Å². The molecule has 0 bridgehead atoms. The number of nitrogens with one attached hydrogen (secondary N) is 1. The lowest BCUT2D eigenvalue weighted by molar-refractivity contribution is 0.391. The van der Waals surface area contributed by atoms with E-state index in [1.54, 1.807) is 25.1 Å². The zero-order valence-corrected chi connectivity index (χ0v) is 20.1. The number of aromatic nitrogens is 6. The van der Waals surface area contributed by atoms with E-state index in [4.69, 9.17) is 13.9 Å². The van der Waals surface area contributed by atoms with Crippen molar-refractivity contribution in [3.05, 3.63) is 54.4 Å². The Morgan fingerprint density at radius 1 is 1.14 bits per heavy atom. The summed E-state index contributed by atoms with van der Waals surface area (Å²) in [7, 11) is -1.09. The van der Waals surface area contributed by atoms with E-state index < -0.39 is 21.1 Å². The highest BCUT2D eigenvalue weighted by Gasteiger charge is 2.29. The van der Waals surface area contributed by atoms with Crippen LogP contribution in [0.1, 0.15) is 18.6 Å². The van der Waals surface area contributed by atoms with Gasteiger partial charge in [0.25, 0.3) is 0 Å². The lowest BCUT2D eigenvalue weighted by atomic mass is 10.2. The van der Waals surface area contributed by atoms with Crippen molar-refractivity contribution < 1.29 is 26.7 Å². The normalized spacial score (nSPS) is 12.4. The van der Waals surface area contributed by atoms with Crippen molar-refractivity contribution in [1.82, 2.24) is 29.7 Å². The Balaban J connectivity index is 1.79. The van der Waals surface area contributed by atoms with Gasteiger partial charge in [-0.1, -0.05) is 6.07 Å². The first-order valence-corrected chi connectivity index (χ1v) is 11.9. The Hall–Kier alpha value is -4.07. The lowest BCUT2D eigenvalue weighted by Crippen LogP contribution is -2.29. The van der Waals surface area contributed by atoms with Gasteiger partial charge in [-0.25, -0.2) is 27.8 Å². The van der Waals surface area contributed by atoms with Gasteiger partial charge < -0.3 is 13.9 Å². The molecule has 4 rings (SSSR count). The average Bonchev–Trinajstić information content (AvgIpc) is 3.45. The fraction of sp³-hybridized carbons (Fsp3) is 0.286. The Morgan fingerprint density at radius 3 is 2.37 bits per heavy atom.